The Morgan fingerprint density at radius 2 is 1.83 bits per heavy atom. The van der Waals surface area contributed by atoms with Crippen LogP contribution in [0.5, 0.6) is 0 Å². The molecule has 23 heavy (non-hydrogen) atoms. The van der Waals surface area contributed by atoms with Crippen molar-refractivity contribution in [2.45, 2.75) is 0 Å². The fraction of sp³-hybridized carbons (Fsp3) is 0. The SMILES string of the molecule is O=C(NN=Cc1ccccc1I)c1cccc(-n2cccc2)c1. The van der Waals surface area contributed by atoms with Crippen molar-refractivity contribution >= 4 is 34.7 Å². The molecule has 1 amide bonds. The minimum Gasteiger partial charge on any atom is -0.324 e. The van der Waals surface area contributed by atoms with E-state index in [9.17, 15) is 4.79 Å². The molecule has 0 fully saturated rings. The monoisotopic (exact) mass is 415 g/mol. The van der Waals surface area contributed by atoms with Crippen LogP contribution in [0.15, 0.2) is 78.2 Å². The number of aromatic nitrogens is 1. The van der Waals surface area contributed by atoms with Gasteiger partial charge in [-0.2, -0.15) is 5.10 Å². The standard InChI is InChI=1S/C18H14IN3O/c19-17-9-2-1-6-15(17)13-20-21-18(23)14-7-5-8-16(12-14)22-10-3-4-11-22/h1-13H,(H,21,23). The smallest absolute Gasteiger partial charge is 0.271 e. The molecule has 4 nitrogen and oxygen atoms in total. The molecule has 1 heterocycles. The predicted molar refractivity (Wildman–Crippen MR) is 100.0 cm³/mol. The molecule has 2 aromatic carbocycles. The average Bonchev–Trinajstić information content (AvgIpc) is 3.11. The van der Waals surface area contributed by atoms with Gasteiger partial charge in [0.1, 0.15) is 0 Å². The fourth-order valence-electron chi connectivity index (χ4n) is 2.12. The summed E-state index contributed by atoms with van der Waals surface area (Å²) < 4.78 is 3.03. The van der Waals surface area contributed by atoms with Crippen LogP contribution in [0.3, 0.4) is 0 Å². The van der Waals surface area contributed by atoms with Crippen LogP contribution in [0, 0.1) is 3.57 Å². The fourth-order valence-corrected chi connectivity index (χ4v) is 2.65. The summed E-state index contributed by atoms with van der Waals surface area (Å²) in [5.41, 5.74) is 5.03. The number of hydrogen-bond donors (Lipinski definition) is 1. The van der Waals surface area contributed by atoms with Crippen LogP contribution >= 0.6 is 22.6 Å². The van der Waals surface area contributed by atoms with E-state index >= 15 is 0 Å². The molecule has 5 heteroatoms. The highest BCUT2D eigenvalue weighted by molar-refractivity contribution is 14.1. The Bertz CT molecular complexity index is 841. The molecule has 0 unspecified atom stereocenters. The van der Waals surface area contributed by atoms with Crippen LogP contribution < -0.4 is 5.43 Å². The highest BCUT2D eigenvalue weighted by atomic mass is 127. The van der Waals surface area contributed by atoms with E-state index in [1.165, 1.54) is 0 Å². The van der Waals surface area contributed by atoms with E-state index in [4.69, 9.17) is 0 Å². The quantitative estimate of drug-likeness (QED) is 0.393. The molecule has 3 aromatic rings. The van der Waals surface area contributed by atoms with Crippen LogP contribution in [0.1, 0.15) is 15.9 Å². The maximum absolute atomic E-state index is 12.2. The number of halogens is 1. The van der Waals surface area contributed by atoms with Gasteiger partial charge in [-0.15, -0.1) is 0 Å². The van der Waals surface area contributed by atoms with Crippen molar-refractivity contribution in [1.82, 2.24) is 9.99 Å². The number of carbonyl (C=O) groups is 1. The third-order valence-corrected chi connectivity index (χ3v) is 4.27. The van der Waals surface area contributed by atoms with Gasteiger partial charge in [0, 0.05) is 32.8 Å². The van der Waals surface area contributed by atoms with Gasteiger partial charge < -0.3 is 4.57 Å². The maximum atomic E-state index is 12.2. The average molecular weight is 415 g/mol. The lowest BCUT2D eigenvalue weighted by Crippen LogP contribution is -2.17. The Hall–Kier alpha value is -2.41. The summed E-state index contributed by atoms with van der Waals surface area (Å²) >= 11 is 2.23. The van der Waals surface area contributed by atoms with Crippen LogP contribution in [-0.4, -0.2) is 16.7 Å². The molecular weight excluding hydrogens is 401 g/mol. The number of benzene rings is 2. The molecule has 0 spiro atoms. The molecule has 0 bridgehead atoms. The zero-order chi connectivity index (χ0) is 16.1. The Kier molecular flexibility index (Phi) is 4.87. The summed E-state index contributed by atoms with van der Waals surface area (Å²) in [7, 11) is 0. The third-order valence-electron chi connectivity index (χ3n) is 3.29. The molecule has 0 radical (unpaired) electrons. The summed E-state index contributed by atoms with van der Waals surface area (Å²) in [5.74, 6) is -0.235. The van der Waals surface area contributed by atoms with Crippen molar-refractivity contribution in [1.29, 1.82) is 0 Å². The van der Waals surface area contributed by atoms with E-state index in [0.717, 1.165) is 14.8 Å². The van der Waals surface area contributed by atoms with Crippen LogP contribution in [0.2, 0.25) is 0 Å². The molecule has 0 atom stereocenters. The highest BCUT2D eigenvalue weighted by Crippen LogP contribution is 2.11. The third kappa shape index (κ3) is 3.87. The van der Waals surface area contributed by atoms with Gasteiger partial charge in [0.05, 0.1) is 6.21 Å². The van der Waals surface area contributed by atoms with E-state index in [-0.39, 0.29) is 5.91 Å². The molecule has 1 aromatic heterocycles. The van der Waals surface area contributed by atoms with Crippen molar-refractivity contribution in [3.8, 4) is 5.69 Å². The van der Waals surface area contributed by atoms with E-state index in [1.54, 1.807) is 12.3 Å². The van der Waals surface area contributed by atoms with Gasteiger partial charge >= 0.3 is 0 Å². The number of rotatable bonds is 4. The number of nitrogens with zero attached hydrogens (tertiary/aromatic N) is 2. The van der Waals surface area contributed by atoms with Gasteiger partial charge in [0.2, 0.25) is 0 Å². The summed E-state index contributed by atoms with van der Waals surface area (Å²) in [6.45, 7) is 0. The molecular formula is C18H14IN3O. The van der Waals surface area contributed by atoms with Crippen LogP contribution in [0.4, 0.5) is 0 Å². The normalized spacial score (nSPS) is 10.8. The highest BCUT2D eigenvalue weighted by Gasteiger charge is 2.05. The first-order valence-electron chi connectivity index (χ1n) is 7.05. The second kappa shape index (κ2) is 7.23. The lowest BCUT2D eigenvalue weighted by molar-refractivity contribution is 0.0955. The van der Waals surface area contributed by atoms with E-state index in [1.807, 2.05) is 71.6 Å². The molecule has 114 valence electrons. The number of hydrazone groups is 1. The second-order valence-corrected chi connectivity index (χ2v) is 6.02. The summed E-state index contributed by atoms with van der Waals surface area (Å²) in [6.07, 6.45) is 5.52. The minimum absolute atomic E-state index is 0.235. The van der Waals surface area contributed by atoms with Gasteiger partial charge in [0.25, 0.3) is 5.91 Å². The van der Waals surface area contributed by atoms with Gasteiger partial charge in [-0.3, -0.25) is 4.79 Å². The molecule has 0 aliphatic rings. The summed E-state index contributed by atoms with van der Waals surface area (Å²) in [4.78, 5) is 12.2. The lowest BCUT2D eigenvalue weighted by atomic mass is 10.2. The summed E-state index contributed by atoms with van der Waals surface area (Å²) in [5, 5.41) is 4.04. The predicted octanol–water partition coefficient (Wildman–Crippen LogP) is 3.85. The van der Waals surface area contributed by atoms with E-state index in [0.29, 0.717) is 5.56 Å². The number of hydrogen-bond acceptors (Lipinski definition) is 2. The Labute approximate surface area is 148 Å². The zero-order valence-electron chi connectivity index (χ0n) is 12.2. The Balaban J connectivity index is 1.72. The minimum atomic E-state index is -0.235. The van der Waals surface area contributed by atoms with Crippen LogP contribution in [0.25, 0.3) is 5.69 Å². The number of carbonyl (C=O) groups excluding carboxylic acids is 1. The van der Waals surface area contributed by atoms with Gasteiger partial charge in [-0.25, -0.2) is 5.43 Å². The first-order chi connectivity index (χ1) is 11.2. The van der Waals surface area contributed by atoms with Crippen LogP contribution in [-0.2, 0) is 0 Å². The molecule has 0 saturated carbocycles. The van der Waals surface area contributed by atoms with Crippen molar-refractivity contribution in [2.24, 2.45) is 5.10 Å². The number of amides is 1. The molecule has 0 aliphatic carbocycles. The van der Waals surface area contributed by atoms with Gasteiger partial charge in [-0.05, 0) is 59.0 Å². The van der Waals surface area contributed by atoms with Crippen molar-refractivity contribution in [3.05, 3.63) is 87.8 Å². The molecule has 1 N–H and O–H groups in total. The number of nitrogens with one attached hydrogen (secondary N) is 1. The van der Waals surface area contributed by atoms with Crippen molar-refractivity contribution < 1.29 is 4.79 Å². The molecule has 3 rings (SSSR count). The second-order valence-electron chi connectivity index (χ2n) is 4.86. The maximum Gasteiger partial charge on any atom is 0.271 e. The molecule has 0 aliphatic heterocycles. The first-order valence-corrected chi connectivity index (χ1v) is 8.13. The van der Waals surface area contributed by atoms with Gasteiger partial charge in [0.15, 0.2) is 0 Å². The van der Waals surface area contributed by atoms with E-state index in [2.05, 4.69) is 33.1 Å². The largest absolute Gasteiger partial charge is 0.324 e. The Morgan fingerprint density at radius 1 is 1.04 bits per heavy atom. The van der Waals surface area contributed by atoms with Gasteiger partial charge in [-0.1, -0.05) is 24.3 Å². The molecule has 0 saturated heterocycles. The van der Waals surface area contributed by atoms with Crippen molar-refractivity contribution in [2.75, 3.05) is 0 Å². The van der Waals surface area contributed by atoms with E-state index < -0.39 is 0 Å². The summed E-state index contributed by atoms with van der Waals surface area (Å²) in [6, 6.07) is 19.1. The van der Waals surface area contributed by atoms with Crippen molar-refractivity contribution in [3.63, 3.8) is 0 Å². The lowest BCUT2D eigenvalue weighted by Gasteiger charge is -2.05. The first kappa shape index (κ1) is 15.5. The Morgan fingerprint density at radius 3 is 2.61 bits per heavy atom. The topological polar surface area (TPSA) is 46.4 Å². The zero-order valence-corrected chi connectivity index (χ0v) is 14.3.